The van der Waals surface area contributed by atoms with E-state index in [0.717, 1.165) is 12.1 Å². The number of rotatable bonds is 2. The van der Waals surface area contributed by atoms with Crippen molar-refractivity contribution in [1.29, 1.82) is 0 Å². The number of amides is 1. The Morgan fingerprint density at radius 3 is 3.07 bits per heavy atom. The van der Waals surface area contributed by atoms with Crippen LogP contribution in [0, 0.1) is 5.92 Å². The topological polar surface area (TPSA) is 53.4 Å². The maximum Gasteiger partial charge on any atom is 0.232 e. The third kappa shape index (κ3) is 1.48. The molecule has 1 N–H and O–H groups in total. The fourth-order valence-electron chi connectivity index (χ4n) is 1.68. The SMILES string of the molecule is O=C1C(CO)CCN1c1cccnc1. The van der Waals surface area contributed by atoms with E-state index >= 15 is 0 Å². The fraction of sp³-hybridized carbons (Fsp3) is 0.400. The first-order valence-electron chi connectivity index (χ1n) is 4.65. The molecule has 74 valence electrons. The smallest absolute Gasteiger partial charge is 0.232 e. The summed E-state index contributed by atoms with van der Waals surface area (Å²) in [5.41, 5.74) is 0.813. The maximum absolute atomic E-state index is 11.7. The molecule has 0 aliphatic carbocycles. The molecule has 0 aromatic carbocycles. The monoisotopic (exact) mass is 192 g/mol. The molecule has 0 spiro atoms. The zero-order valence-electron chi connectivity index (χ0n) is 7.76. The van der Waals surface area contributed by atoms with Gasteiger partial charge in [-0.25, -0.2) is 0 Å². The summed E-state index contributed by atoms with van der Waals surface area (Å²) < 4.78 is 0. The number of hydrogen-bond donors (Lipinski definition) is 1. The Bertz CT molecular complexity index is 326. The van der Waals surface area contributed by atoms with E-state index < -0.39 is 0 Å². The van der Waals surface area contributed by atoms with Gasteiger partial charge >= 0.3 is 0 Å². The van der Waals surface area contributed by atoms with Crippen molar-refractivity contribution < 1.29 is 9.90 Å². The maximum atomic E-state index is 11.7. The molecular formula is C10H12N2O2. The van der Waals surface area contributed by atoms with E-state index in [4.69, 9.17) is 5.11 Å². The highest BCUT2D eigenvalue weighted by Gasteiger charge is 2.31. The Balaban J connectivity index is 2.18. The van der Waals surface area contributed by atoms with Crippen molar-refractivity contribution in [2.75, 3.05) is 18.1 Å². The summed E-state index contributed by atoms with van der Waals surface area (Å²) in [6.45, 7) is 0.616. The van der Waals surface area contributed by atoms with Crippen LogP contribution < -0.4 is 4.90 Å². The van der Waals surface area contributed by atoms with Gasteiger partial charge in [0.1, 0.15) is 0 Å². The highest BCUT2D eigenvalue weighted by Crippen LogP contribution is 2.23. The van der Waals surface area contributed by atoms with Gasteiger partial charge in [0.25, 0.3) is 0 Å². The van der Waals surface area contributed by atoms with E-state index in [-0.39, 0.29) is 18.4 Å². The molecule has 0 saturated carbocycles. The first-order chi connectivity index (χ1) is 6.83. The minimum Gasteiger partial charge on any atom is -0.396 e. The Labute approximate surface area is 82.2 Å². The minimum absolute atomic E-state index is 0.000463. The normalized spacial score (nSPS) is 21.6. The van der Waals surface area contributed by atoms with Crippen LogP contribution in [0.15, 0.2) is 24.5 Å². The van der Waals surface area contributed by atoms with Gasteiger partial charge in [-0.05, 0) is 18.6 Å². The second kappa shape index (κ2) is 3.75. The molecule has 14 heavy (non-hydrogen) atoms. The second-order valence-electron chi connectivity index (χ2n) is 3.37. The van der Waals surface area contributed by atoms with Gasteiger partial charge in [-0.1, -0.05) is 0 Å². The van der Waals surface area contributed by atoms with Gasteiger partial charge < -0.3 is 10.0 Å². The van der Waals surface area contributed by atoms with Crippen molar-refractivity contribution in [3.63, 3.8) is 0 Å². The van der Waals surface area contributed by atoms with Gasteiger partial charge in [0.2, 0.25) is 5.91 Å². The van der Waals surface area contributed by atoms with Crippen molar-refractivity contribution in [3.8, 4) is 0 Å². The number of carbonyl (C=O) groups excluding carboxylic acids is 1. The minimum atomic E-state index is -0.227. The lowest BCUT2D eigenvalue weighted by Crippen LogP contribution is -2.28. The molecule has 1 amide bonds. The number of aromatic nitrogens is 1. The number of aliphatic hydroxyl groups excluding tert-OH is 1. The highest BCUT2D eigenvalue weighted by molar-refractivity contribution is 5.97. The molecule has 1 saturated heterocycles. The third-order valence-corrected chi connectivity index (χ3v) is 2.49. The average molecular weight is 192 g/mol. The molecule has 1 aliphatic heterocycles. The van der Waals surface area contributed by atoms with Crippen molar-refractivity contribution in [2.45, 2.75) is 6.42 Å². The Kier molecular flexibility index (Phi) is 2.45. The summed E-state index contributed by atoms with van der Waals surface area (Å²) in [4.78, 5) is 17.3. The van der Waals surface area contributed by atoms with Crippen molar-refractivity contribution >= 4 is 11.6 Å². The lowest BCUT2D eigenvalue weighted by Gasteiger charge is -2.15. The van der Waals surface area contributed by atoms with Crippen LogP contribution in [-0.4, -0.2) is 29.1 Å². The number of aliphatic hydroxyl groups is 1. The van der Waals surface area contributed by atoms with Gasteiger partial charge in [0, 0.05) is 12.7 Å². The van der Waals surface area contributed by atoms with Crippen LogP contribution in [0.25, 0.3) is 0 Å². The number of hydrogen-bond acceptors (Lipinski definition) is 3. The van der Waals surface area contributed by atoms with Crippen LogP contribution in [0.2, 0.25) is 0 Å². The summed E-state index contributed by atoms with van der Waals surface area (Å²) in [6, 6.07) is 3.65. The van der Waals surface area contributed by atoms with E-state index in [1.54, 1.807) is 23.4 Å². The van der Waals surface area contributed by atoms with Crippen molar-refractivity contribution in [3.05, 3.63) is 24.5 Å². The van der Waals surface area contributed by atoms with Crippen LogP contribution in [-0.2, 0) is 4.79 Å². The lowest BCUT2D eigenvalue weighted by molar-refractivity contribution is -0.121. The predicted molar refractivity (Wildman–Crippen MR) is 51.8 cm³/mol. The van der Waals surface area contributed by atoms with E-state index in [1.165, 1.54) is 0 Å². The van der Waals surface area contributed by atoms with Gasteiger partial charge in [-0.3, -0.25) is 9.78 Å². The van der Waals surface area contributed by atoms with E-state index in [1.807, 2.05) is 6.07 Å². The fourth-order valence-corrected chi connectivity index (χ4v) is 1.68. The standard InChI is InChI=1S/C10H12N2O2/c13-7-8-3-5-12(10(8)14)9-2-1-4-11-6-9/h1-2,4,6,8,13H,3,5,7H2. The summed E-state index contributed by atoms with van der Waals surface area (Å²) in [5.74, 6) is -0.226. The Morgan fingerprint density at radius 2 is 2.50 bits per heavy atom. The summed E-state index contributed by atoms with van der Waals surface area (Å²) in [6.07, 6.45) is 4.06. The summed E-state index contributed by atoms with van der Waals surface area (Å²) in [5, 5.41) is 8.94. The number of pyridine rings is 1. The molecule has 0 radical (unpaired) electrons. The van der Waals surface area contributed by atoms with E-state index in [0.29, 0.717) is 6.54 Å². The van der Waals surface area contributed by atoms with E-state index in [2.05, 4.69) is 4.98 Å². The summed E-state index contributed by atoms with van der Waals surface area (Å²) >= 11 is 0. The highest BCUT2D eigenvalue weighted by atomic mass is 16.3. The Morgan fingerprint density at radius 1 is 1.64 bits per heavy atom. The molecule has 1 aliphatic rings. The number of carbonyl (C=O) groups is 1. The number of anilines is 1. The van der Waals surface area contributed by atoms with Crippen LogP contribution >= 0.6 is 0 Å². The molecular weight excluding hydrogens is 180 g/mol. The van der Waals surface area contributed by atoms with Crippen LogP contribution in [0.4, 0.5) is 5.69 Å². The number of nitrogens with zero attached hydrogens (tertiary/aromatic N) is 2. The zero-order valence-corrected chi connectivity index (χ0v) is 7.76. The molecule has 1 fully saturated rings. The van der Waals surface area contributed by atoms with Crippen LogP contribution in [0.1, 0.15) is 6.42 Å². The molecule has 0 bridgehead atoms. The molecule has 4 heteroatoms. The largest absolute Gasteiger partial charge is 0.396 e. The van der Waals surface area contributed by atoms with Crippen molar-refractivity contribution in [2.24, 2.45) is 5.92 Å². The van der Waals surface area contributed by atoms with Gasteiger partial charge in [0.15, 0.2) is 0 Å². The predicted octanol–water partition coefficient (Wildman–Crippen LogP) is 0.427. The quantitative estimate of drug-likeness (QED) is 0.739. The van der Waals surface area contributed by atoms with Gasteiger partial charge in [0.05, 0.1) is 24.4 Å². The van der Waals surface area contributed by atoms with Gasteiger partial charge in [-0.2, -0.15) is 0 Å². The van der Waals surface area contributed by atoms with Crippen LogP contribution in [0.3, 0.4) is 0 Å². The van der Waals surface area contributed by atoms with Crippen LogP contribution in [0.5, 0.6) is 0 Å². The molecule has 1 aromatic heterocycles. The molecule has 4 nitrogen and oxygen atoms in total. The van der Waals surface area contributed by atoms with E-state index in [9.17, 15) is 4.79 Å². The zero-order chi connectivity index (χ0) is 9.97. The third-order valence-electron chi connectivity index (χ3n) is 2.49. The first-order valence-corrected chi connectivity index (χ1v) is 4.65. The summed E-state index contributed by atoms with van der Waals surface area (Å²) in [7, 11) is 0. The second-order valence-corrected chi connectivity index (χ2v) is 3.37. The Hall–Kier alpha value is -1.42. The molecule has 2 rings (SSSR count). The lowest BCUT2D eigenvalue weighted by atomic mass is 10.1. The molecule has 2 heterocycles. The molecule has 1 aromatic rings. The molecule has 1 unspecified atom stereocenters. The first kappa shape index (κ1) is 9.15. The van der Waals surface area contributed by atoms with Crippen molar-refractivity contribution in [1.82, 2.24) is 4.98 Å². The average Bonchev–Trinajstić information content (AvgIpc) is 2.61. The van der Waals surface area contributed by atoms with Gasteiger partial charge in [-0.15, -0.1) is 0 Å². The molecule has 1 atom stereocenters.